The zero-order valence-corrected chi connectivity index (χ0v) is 8.26. The Morgan fingerprint density at radius 1 is 1.56 bits per heavy atom. The summed E-state index contributed by atoms with van der Waals surface area (Å²) in [5.74, 6) is 0.954. The van der Waals surface area contributed by atoms with Crippen molar-refractivity contribution in [3.05, 3.63) is 0 Å². The molecule has 1 heterocycles. The van der Waals surface area contributed by atoms with E-state index in [0.717, 1.165) is 9.84 Å². The Balaban J connectivity index is 2.38. The van der Waals surface area contributed by atoms with Crippen molar-refractivity contribution in [1.29, 1.82) is 0 Å². The van der Waals surface area contributed by atoms with Gasteiger partial charge in [-0.2, -0.15) is 0 Å². The van der Waals surface area contributed by atoms with Crippen LogP contribution < -0.4 is 0 Å². The van der Waals surface area contributed by atoms with E-state index >= 15 is 0 Å². The zero-order valence-electron chi connectivity index (χ0n) is 6.10. The Bertz CT molecular complexity index is 94.9. The number of halogens is 1. The van der Waals surface area contributed by atoms with Crippen LogP contribution in [0.3, 0.4) is 0 Å². The van der Waals surface area contributed by atoms with Crippen molar-refractivity contribution in [2.24, 2.45) is 5.92 Å². The molecule has 0 aromatic heterocycles. The third-order valence-corrected chi connectivity index (χ3v) is 3.48. The van der Waals surface area contributed by atoms with Gasteiger partial charge in [0.05, 0.1) is 0 Å². The van der Waals surface area contributed by atoms with Crippen LogP contribution in [0.15, 0.2) is 0 Å². The Morgan fingerprint density at radius 2 is 2.22 bits per heavy atom. The molecule has 0 spiro atoms. The highest BCUT2D eigenvalue weighted by Gasteiger charge is 2.26. The molecule has 1 saturated heterocycles. The van der Waals surface area contributed by atoms with E-state index in [1.807, 2.05) is 0 Å². The maximum absolute atomic E-state index is 2.57. The summed E-state index contributed by atoms with van der Waals surface area (Å²) in [6, 6.07) is 0. The fourth-order valence-electron chi connectivity index (χ4n) is 1.42. The molecule has 0 N–H and O–H groups in total. The SMILES string of the molecule is CCC1CN(C)CC1I. The van der Waals surface area contributed by atoms with Gasteiger partial charge in [-0.25, -0.2) is 0 Å². The van der Waals surface area contributed by atoms with Gasteiger partial charge < -0.3 is 4.90 Å². The van der Waals surface area contributed by atoms with Crippen molar-refractivity contribution < 1.29 is 0 Å². The minimum absolute atomic E-state index is 0.901. The molecule has 0 radical (unpaired) electrons. The maximum atomic E-state index is 2.57. The minimum Gasteiger partial charge on any atom is -0.305 e. The van der Waals surface area contributed by atoms with E-state index in [9.17, 15) is 0 Å². The van der Waals surface area contributed by atoms with Crippen molar-refractivity contribution in [3.8, 4) is 0 Å². The highest BCUT2D eigenvalue weighted by molar-refractivity contribution is 14.1. The lowest BCUT2D eigenvalue weighted by molar-refractivity contribution is 0.392. The van der Waals surface area contributed by atoms with Crippen LogP contribution >= 0.6 is 22.6 Å². The molecule has 0 bridgehead atoms. The summed E-state index contributed by atoms with van der Waals surface area (Å²) in [6.07, 6.45) is 1.35. The number of hydrogen-bond donors (Lipinski definition) is 0. The first-order valence-electron chi connectivity index (χ1n) is 3.56. The van der Waals surface area contributed by atoms with Crippen LogP contribution in [0.2, 0.25) is 0 Å². The van der Waals surface area contributed by atoms with E-state index in [1.165, 1.54) is 19.5 Å². The molecule has 0 aliphatic carbocycles. The average Bonchev–Trinajstić information content (AvgIpc) is 2.10. The molecule has 1 rings (SSSR count). The van der Waals surface area contributed by atoms with Gasteiger partial charge in [-0.05, 0) is 13.0 Å². The van der Waals surface area contributed by atoms with Crippen molar-refractivity contribution in [2.75, 3.05) is 20.1 Å². The van der Waals surface area contributed by atoms with Crippen molar-refractivity contribution in [1.82, 2.24) is 4.90 Å². The quantitative estimate of drug-likeness (QED) is 0.498. The van der Waals surface area contributed by atoms with Gasteiger partial charge in [-0.3, -0.25) is 0 Å². The van der Waals surface area contributed by atoms with Crippen LogP contribution in [0.25, 0.3) is 0 Å². The second kappa shape index (κ2) is 3.19. The van der Waals surface area contributed by atoms with Crippen molar-refractivity contribution in [3.63, 3.8) is 0 Å². The summed E-state index contributed by atoms with van der Waals surface area (Å²) in [5, 5.41) is 0. The van der Waals surface area contributed by atoms with Gasteiger partial charge in [0.25, 0.3) is 0 Å². The summed E-state index contributed by atoms with van der Waals surface area (Å²) in [7, 11) is 2.21. The first-order chi connectivity index (χ1) is 4.24. The lowest BCUT2D eigenvalue weighted by Gasteiger charge is -2.07. The lowest BCUT2D eigenvalue weighted by atomic mass is 10.1. The molecule has 0 saturated carbocycles. The molecule has 2 heteroatoms. The molecule has 1 nitrogen and oxygen atoms in total. The molecular formula is C7H14IN. The summed E-state index contributed by atoms with van der Waals surface area (Å²) < 4.78 is 0.901. The summed E-state index contributed by atoms with van der Waals surface area (Å²) in [5.41, 5.74) is 0. The van der Waals surface area contributed by atoms with Crippen LogP contribution in [0, 0.1) is 5.92 Å². The second-order valence-electron chi connectivity index (χ2n) is 2.91. The maximum Gasteiger partial charge on any atom is 0.0277 e. The molecule has 0 aromatic rings. The summed E-state index contributed by atoms with van der Waals surface area (Å²) in [4.78, 5) is 2.42. The third kappa shape index (κ3) is 1.80. The summed E-state index contributed by atoms with van der Waals surface area (Å²) >= 11 is 2.57. The van der Waals surface area contributed by atoms with Crippen LogP contribution in [0.1, 0.15) is 13.3 Å². The molecule has 2 atom stereocenters. The van der Waals surface area contributed by atoms with Gasteiger partial charge >= 0.3 is 0 Å². The largest absolute Gasteiger partial charge is 0.305 e. The molecule has 0 amide bonds. The molecule has 1 aliphatic heterocycles. The van der Waals surface area contributed by atoms with Gasteiger partial charge in [-0.1, -0.05) is 35.9 Å². The minimum atomic E-state index is 0.901. The first kappa shape index (κ1) is 7.79. The highest BCUT2D eigenvalue weighted by atomic mass is 127. The van der Waals surface area contributed by atoms with Gasteiger partial charge in [0, 0.05) is 17.0 Å². The fraction of sp³-hybridized carbons (Fsp3) is 1.00. The monoisotopic (exact) mass is 239 g/mol. The van der Waals surface area contributed by atoms with E-state index < -0.39 is 0 Å². The van der Waals surface area contributed by atoms with Crippen LogP contribution in [-0.2, 0) is 0 Å². The topological polar surface area (TPSA) is 3.24 Å². The fourth-order valence-corrected chi connectivity index (χ4v) is 2.83. The molecule has 1 aliphatic rings. The molecular weight excluding hydrogens is 225 g/mol. The zero-order chi connectivity index (χ0) is 6.85. The first-order valence-corrected chi connectivity index (χ1v) is 4.81. The van der Waals surface area contributed by atoms with Crippen LogP contribution in [-0.4, -0.2) is 29.0 Å². The van der Waals surface area contributed by atoms with Gasteiger partial charge in [0.2, 0.25) is 0 Å². The molecule has 54 valence electrons. The Morgan fingerprint density at radius 3 is 2.44 bits per heavy atom. The third-order valence-electron chi connectivity index (χ3n) is 2.07. The van der Waals surface area contributed by atoms with E-state index in [0.29, 0.717) is 0 Å². The van der Waals surface area contributed by atoms with Gasteiger partial charge in [0.1, 0.15) is 0 Å². The number of rotatable bonds is 1. The predicted molar refractivity (Wildman–Crippen MR) is 49.1 cm³/mol. The number of nitrogens with zero attached hydrogens (tertiary/aromatic N) is 1. The number of likely N-dealkylation sites (tertiary alicyclic amines) is 1. The Labute approximate surface area is 70.9 Å². The summed E-state index contributed by atoms with van der Waals surface area (Å²) in [6.45, 7) is 4.89. The highest BCUT2D eigenvalue weighted by Crippen LogP contribution is 2.24. The lowest BCUT2D eigenvalue weighted by Crippen LogP contribution is -2.13. The van der Waals surface area contributed by atoms with Crippen LogP contribution in [0.5, 0.6) is 0 Å². The predicted octanol–water partition coefficient (Wildman–Crippen LogP) is 1.76. The molecule has 0 aromatic carbocycles. The second-order valence-corrected chi connectivity index (χ2v) is 4.51. The smallest absolute Gasteiger partial charge is 0.0277 e. The van der Waals surface area contributed by atoms with E-state index in [-0.39, 0.29) is 0 Å². The van der Waals surface area contributed by atoms with Crippen molar-refractivity contribution >= 4 is 22.6 Å². The van der Waals surface area contributed by atoms with E-state index in [2.05, 4.69) is 41.5 Å². The standard InChI is InChI=1S/C7H14IN/c1-3-6-4-9(2)5-7(6)8/h6-7H,3-5H2,1-2H3. The van der Waals surface area contributed by atoms with Gasteiger partial charge in [0.15, 0.2) is 0 Å². The number of alkyl halides is 1. The Kier molecular flexibility index (Phi) is 2.76. The number of hydrogen-bond acceptors (Lipinski definition) is 1. The van der Waals surface area contributed by atoms with Gasteiger partial charge in [-0.15, -0.1) is 0 Å². The van der Waals surface area contributed by atoms with E-state index in [1.54, 1.807) is 0 Å². The molecule has 9 heavy (non-hydrogen) atoms. The normalized spacial score (nSPS) is 37.7. The molecule has 1 fully saturated rings. The Hall–Kier alpha value is 0.690. The van der Waals surface area contributed by atoms with Crippen LogP contribution in [0.4, 0.5) is 0 Å². The van der Waals surface area contributed by atoms with Crippen molar-refractivity contribution in [2.45, 2.75) is 17.3 Å². The van der Waals surface area contributed by atoms with E-state index in [4.69, 9.17) is 0 Å². The average molecular weight is 239 g/mol. The molecule has 2 unspecified atom stereocenters.